The van der Waals surface area contributed by atoms with Crippen LogP contribution in [0.5, 0.6) is 5.75 Å². The van der Waals surface area contributed by atoms with Crippen LogP contribution in [0.25, 0.3) is 0 Å². The third-order valence-electron chi connectivity index (χ3n) is 4.37. The van der Waals surface area contributed by atoms with Crippen LogP contribution >= 0.6 is 15.9 Å². The average Bonchev–Trinajstić information content (AvgIpc) is 2.64. The molecule has 1 atom stereocenters. The Bertz CT molecular complexity index is 930. The smallest absolute Gasteiger partial charge is 0.241 e. The molecule has 1 N–H and O–H groups in total. The summed E-state index contributed by atoms with van der Waals surface area (Å²) >= 11 is 3.32. The summed E-state index contributed by atoms with van der Waals surface area (Å²) < 4.78 is 31.6. The summed E-state index contributed by atoms with van der Waals surface area (Å²) in [5, 5.41) is 2.94. The van der Waals surface area contributed by atoms with E-state index in [9.17, 15) is 13.2 Å². The molecule has 8 heteroatoms. The third kappa shape index (κ3) is 5.72. The highest BCUT2D eigenvalue weighted by atomic mass is 79.9. The van der Waals surface area contributed by atoms with E-state index in [0.717, 1.165) is 31.9 Å². The molecule has 0 saturated heterocycles. The molecule has 28 heavy (non-hydrogen) atoms. The maximum Gasteiger partial charge on any atom is 0.241 e. The second kappa shape index (κ2) is 9.43. The molecule has 0 aliphatic heterocycles. The number of amides is 1. The molecule has 1 amide bonds. The Balaban J connectivity index is 2.18. The molecule has 0 saturated carbocycles. The summed E-state index contributed by atoms with van der Waals surface area (Å²) in [5.41, 5.74) is 2.36. The lowest BCUT2D eigenvalue weighted by Crippen LogP contribution is -2.41. The van der Waals surface area contributed by atoms with E-state index in [4.69, 9.17) is 4.74 Å². The van der Waals surface area contributed by atoms with Crippen LogP contribution in [0.4, 0.5) is 5.69 Å². The number of rotatable bonds is 8. The Hall–Kier alpha value is -2.06. The predicted molar refractivity (Wildman–Crippen MR) is 115 cm³/mol. The van der Waals surface area contributed by atoms with Crippen molar-refractivity contribution in [3.63, 3.8) is 0 Å². The maximum atomic E-state index is 12.6. The van der Waals surface area contributed by atoms with Crippen LogP contribution in [0.1, 0.15) is 30.5 Å². The van der Waals surface area contributed by atoms with E-state index in [-0.39, 0.29) is 18.5 Å². The fraction of sp³-hybridized carbons (Fsp3) is 0.350. The Kier molecular flexibility index (Phi) is 7.48. The highest BCUT2D eigenvalue weighted by Crippen LogP contribution is 2.25. The molecule has 0 aliphatic carbocycles. The summed E-state index contributed by atoms with van der Waals surface area (Å²) in [5.74, 6) is 0.414. The van der Waals surface area contributed by atoms with Crippen LogP contribution in [0.15, 0.2) is 46.9 Å². The van der Waals surface area contributed by atoms with E-state index in [2.05, 4.69) is 21.2 Å². The lowest BCUT2D eigenvalue weighted by molar-refractivity contribution is -0.120. The highest BCUT2D eigenvalue weighted by molar-refractivity contribution is 9.10. The largest absolute Gasteiger partial charge is 0.496 e. The summed E-state index contributed by atoms with van der Waals surface area (Å²) in [4.78, 5) is 12.6. The van der Waals surface area contributed by atoms with Crippen molar-refractivity contribution in [2.45, 2.75) is 26.3 Å². The summed E-state index contributed by atoms with van der Waals surface area (Å²) in [6.45, 7) is 3.62. The Morgan fingerprint density at radius 1 is 1.21 bits per heavy atom. The van der Waals surface area contributed by atoms with E-state index in [1.54, 1.807) is 31.4 Å². The Morgan fingerprint density at radius 3 is 2.36 bits per heavy atom. The van der Waals surface area contributed by atoms with Gasteiger partial charge in [-0.3, -0.25) is 9.10 Å². The lowest BCUT2D eigenvalue weighted by atomic mass is 10.0. The van der Waals surface area contributed by atoms with Gasteiger partial charge in [0.2, 0.25) is 15.9 Å². The number of aryl methyl sites for hydroxylation is 1. The van der Waals surface area contributed by atoms with Crippen molar-refractivity contribution in [3.8, 4) is 5.75 Å². The average molecular weight is 469 g/mol. The van der Waals surface area contributed by atoms with Gasteiger partial charge in [-0.05, 0) is 54.8 Å². The molecule has 0 heterocycles. The number of nitrogens with one attached hydrogen (secondary N) is 1. The minimum Gasteiger partial charge on any atom is -0.496 e. The van der Waals surface area contributed by atoms with Gasteiger partial charge in [-0.25, -0.2) is 8.42 Å². The van der Waals surface area contributed by atoms with Crippen LogP contribution in [0, 0.1) is 6.92 Å². The first-order valence-electron chi connectivity index (χ1n) is 8.83. The van der Waals surface area contributed by atoms with E-state index >= 15 is 0 Å². The lowest BCUT2D eigenvalue weighted by Gasteiger charge is -2.24. The number of halogens is 1. The van der Waals surface area contributed by atoms with Crippen molar-refractivity contribution in [1.82, 2.24) is 5.32 Å². The van der Waals surface area contributed by atoms with Crippen molar-refractivity contribution in [2.75, 3.05) is 24.2 Å². The molecule has 0 spiro atoms. The molecule has 0 fully saturated rings. The number of ether oxygens (including phenoxy) is 1. The van der Waals surface area contributed by atoms with E-state index < -0.39 is 10.0 Å². The van der Waals surface area contributed by atoms with Crippen molar-refractivity contribution in [1.29, 1.82) is 0 Å². The second-order valence-electron chi connectivity index (χ2n) is 6.50. The molecule has 6 nitrogen and oxygen atoms in total. The molecule has 152 valence electrons. The molecule has 2 aromatic carbocycles. The minimum absolute atomic E-state index is 0.219. The number of carbonyl (C=O) groups is 1. The van der Waals surface area contributed by atoms with Gasteiger partial charge in [0.25, 0.3) is 0 Å². The monoisotopic (exact) mass is 468 g/mol. The van der Waals surface area contributed by atoms with E-state index in [1.807, 2.05) is 32.0 Å². The van der Waals surface area contributed by atoms with Gasteiger partial charge in [-0.1, -0.05) is 35.0 Å². The Morgan fingerprint density at radius 2 is 1.86 bits per heavy atom. The summed E-state index contributed by atoms with van der Waals surface area (Å²) in [6.07, 6.45) is 1.77. The third-order valence-corrected chi connectivity index (χ3v) is 6.04. The number of anilines is 1. The zero-order valence-electron chi connectivity index (χ0n) is 16.4. The van der Waals surface area contributed by atoms with Crippen molar-refractivity contribution >= 4 is 37.5 Å². The Labute approximate surface area is 175 Å². The van der Waals surface area contributed by atoms with Crippen molar-refractivity contribution in [2.24, 2.45) is 0 Å². The number of benzene rings is 2. The topological polar surface area (TPSA) is 75.7 Å². The highest BCUT2D eigenvalue weighted by Gasteiger charge is 2.22. The first kappa shape index (κ1) is 22.2. The fourth-order valence-corrected chi connectivity index (χ4v) is 4.04. The molecule has 0 aliphatic rings. The zero-order chi connectivity index (χ0) is 20.9. The molecule has 2 rings (SSSR count). The zero-order valence-corrected chi connectivity index (χ0v) is 18.8. The molecule has 0 unspecified atom stereocenters. The van der Waals surface area contributed by atoms with Crippen molar-refractivity contribution in [3.05, 3.63) is 58.1 Å². The fourth-order valence-electron chi connectivity index (χ4n) is 2.92. The van der Waals surface area contributed by atoms with Gasteiger partial charge in [0.15, 0.2) is 0 Å². The minimum atomic E-state index is -3.61. The number of hydrogen-bond acceptors (Lipinski definition) is 4. The number of sulfonamides is 1. The SMILES string of the molecule is CC[C@@H](NC(=O)CN(c1ccc(Br)cc1)S(C)(=O)=O)c1ccc(OC)c(C)c1. The van der Waals surface area contributed by atoms with Gasteiger partial charge in [0.1, 0.15) is 12.3 Å². The van der Waals surface area contributed by atoms with Crippen LogP contribution < -0.4 is 14.4 Å². The molecular formula is C20H25BrN2O4S. The molecule has 0 bridgehead atoms. The van der Waals surface area contributed by atoms with Gasteiger partial charge >= 0.3 is 0 Å². The quantitative estimate of drug-likeness (QED) is 0.638. The van der Waals surface area contributed by atoms with Gasteiger partial charge in [0.05, 0.1) is 25.1 Å². The van der Waals surface area contributed by atoms with Gasteiger partial charge in [0, 0.05) is 4.47 Å². The van der Waals surface area contributed by atoms with Crippen molar-refractivity contribution < 1.29 is 17.9 Å². The molecule has 2 aromatic rings. The van der Waals surface area contributed by atoms with Crippen LogP contribution in [-0.2, 0) is 14.8 Å². The number of carbonyl (C=O) groups excluding carboxylic acids is 1. The first-order chi connectivity index (χ1) is 13.2. The molecule has 0 radical (unpaired) electrons. The van der Waals surface area contributed by atoms with E-state index in [1.165, 1.54) is 0 Å². The summed E-state index contributed by atoms with van der Waals surface area (Å²) in [7, 11) is -1.99. The van der Waals surface area contributed by atoms with Crippen LogP contribution in [0.3, 0.4) is 0 Å². The molecular weight excluding hydrogens is 444 g/mol. The van der Waals surface area contributed by atoms with Gasteiger partial charge in [-0.2, -0.15) is 0 Å². The summed E-state index contributed by atoms with van der Waals surface area (Å²) in [6, 6.07) is 12.3. The predicted octanol–water partition coefficient (Wildman–Crippen LogP) is 3.80. The standard InChI is InChI=1S/C20H25BrN2O4S/c1-5-18(15-6-11-19(27-3)14(2)12-15)22-20(24)13-23(28(4,25)26)17-9-7-16(21)8-10-17/h6-12,18H,5,13H2,1-4H3,(H,22,24)/t18-/m1/s1. The van der Waals surface area contributed by atoms with Crippen LogP contribution in [-0.4, -0.2) is 34.2 Å². The van der Waals surface area contributed by atoms with Gasteiger partial charge in [-0.15, -0.1) is 0 Å². The normalized spacial score (nSPS) is 12.3. The number of hydrogen-bond donors (Lipinski definition) is 1. The first-order valence-corrected chi connectivity index (χ1v) is 11.5. The molecule has 0 aromatic heterocycles. The van der Waals surface area contributed by atoms with E-state index in [0.29, 0.717) is 12.1 Å². The van der Waals surface area contributed by atoms with Gasteiger partial charge < -0.3 is 10.1 Å². The number of methoxy groups -OCH3 is 1. The number of nitrogens with zero attached hydrogens (tertiary/aromatic N) is 1. The second-order valence-corrected chi connectivity index (χ2v) is 9.33. The maximum absolute atomic E-state index is 12.6. The van der Waals surface area contributed by atoms with Crippen LogP contribution in [0.2, 0.25) is 0 Å².